The Morgan fingerprint density at radius 1 is 1.03 bits per heavy atom. The third kappa shape index (κ3) is 5.16. The zero-order valence-corrected chi connectivity index (χ0v) is 20.0. The lowest BCUT2D eigenvalue weighted by Gasteiger charge is -2.31. The summed E-state index contributed by atoms with van der Waals surface area (Å²) in [5.41, 5.74) is 2.47. The Kier molecular flexibility index (Phi) is 7.34. The van der Waals surface area contributed by atoms with E-state index >= 15 is 0 Å². The summed E-state index contributed by atoms with van der Waals surface area (Å²) in [4.78, 5) is 30.1. The van der Waals surface area contributed by atoms with Crippen molar-refractivity contribution in [1.82, 2.24) is 9.80 Å². The number of aliphatic hydroxyl groups is 1. The van der Waals surface area contributed by atoms with Crippen LogP contribution < -0.4 is 4.74 Å². The number of ether oxygens (including phenoxy) is 2. The second kappa shape index (κ2) is 10.4. The summed E-state index contributed by atoms with van der Waals surface area (Å²) in [6, 6.07) is 14.0. The van der Waals surface area contributed by atoms with E-state index in [2.05, 4.69) is 4.90 Å². The highest BCUT2D eigenvalue weighted by Crippen LogP contribution is 2.39. The number of carbonyl (C=O) groups is 2. The van der Waals surface area contributed by atoms with Crippen LogP contribution >= 0.6 is 0 Å². The minimum Gasteiger partial charge on any atom is -0.507 e. The molecular weight excluding hydrogens is 432 g/mol. The molecular formula is C27H32N2O5. The lowest BCUT2D eigenvalue weighted by atomic mass is 9.94. The van der Waals surface area contributed by atoms with Crippen LogP contribution in [0.5, 0.6) is 5.75 Å². The summed E-state index contributed by atoms with van der Waals surface area (Å²) in [7, 11) is 0. The third-order valence-corrected chi connectivity index (χ3v) is 6.19. The number of carbonyl (C=O) groups excluding carboxylic acids is 2. The van der Waals surface area contributed by atoms with E-state index in [-0.39, 0.29) is 17.4 Å². The Morgan fingerprint density at radius 3 is 2.29 bits per heavy atom. The van der Waals surface area contributed by atoms with Crippen LogP contribution in [-0.2, 0) is 14.3 Å². The molecule has 0 spiro atoms. The molecule has 1 N–H and O–H groups in total. The van der Waals surface area contributed by atoms with Crippen molar-refractivity contribution in [2.24, 2.45) is 0 Å². The number of hydrogen-bond acceptors (Lipinski definition) is 6. The van der Waals surface area contributed by atoms with E-state index in [1.165, 1.54) is 0 Å². The molecule has 7 heteroatoms. The lowest BCUT2D eigenvalue weighted by molar-refractivity contribution is -0.140. The van der Waals surface area contributed by atoms with Gasteiger partial charge in [-0.05, 0) is 50.6 Å². The van der Waals surface area contributed by atoms with Gasteiger partial charge in [-0.3, -0.25) is 14.5 Å². The van der Waals surface area contributed by atoms with Crippen LogP contribution in [0.1, 0.15) is 36.6 Å². The summed E-state index contributed by atoms with van der Waals surface area (Å²) >= 11 is 0. The van der Waals surface area contributed by atoms with Crippen LogP contribution in [0.2, 0.25) is 0 Å². The molecule has 4 rings (SSSR count). The Morgan fingerprint density at radius 2 is 1.68 bits per heavy atom. The molecule has 2 aliphatic heterocycles. The van der Waals surface area contributed by atoms with E-state index in [4.69, 9.17) is 9.47 Å². The maximum absolute atomic E-state index is 13.2. The minimum atomic E-state index is -0.660. The summed E-state index contributed by atoms with van der Waals surface area (Å²) < 4.78 is 11.1. The summed E-state index contributed by atoms with van der Waals surface area (Å²) in [6.07, 6.45) is 0.0257. The van der Waals surface area contributed by atoms with E-state index in [1.807, 2.05) is 45.0 Å². The molecule has 1 amide bonds. The fourth-order valence-electron chi connectivity index (χ4n) is 4.40. The van der Waals surface area contributed by atoms with Gasteiger partial charge in [0.05, 0.1) is 30.9 Å². The van der Waals surface area contributed by atoms with Gasteiger partial charge in [0.15, 0.2) is 0 Å². The predicted molar refractivity (Wildman–Crippen MR) is 130 cm³/mol. The van der Waals surface area contributed by atoms with Crippen molar-refractivity contribution in [3.8, 4) is 5.75 Å². The second-order valence-electron chi connectivity index (χ2n) is 9.05. The van der Waals surface area contributed by atoms with E-state index in [9.17, 15) is 14.7 Å². The lowest BCUT2D eigenvalue weighted by Crippen LogP contribution is -2.42. The SMILES string of the molecule is Cc1ccc([C@H]2C(=C(O)c3ccc(OC(C)C)cc3)C(=O)C(=O)N2CCN2CCOCC2)cc1. The monoisotopic (exact) mass is 464 g/mol. The number of amides is 1. The molecule has 2 fully saturated rings. The van der Waals surface area contributed by atoms with Crippen LogP contribution in [0.4, 0.5) is 0 Å². The largest absolute Gasteiger partial charge is 0.507 e. The van der Waals surface area contributed by atoms with E-state index in [0.717, 1.165) is 24.2 Å². The van der Waals surface area contributed by atoms with Crippen molar-refractivity contribution in [3.63, 3.8) is 0 Å². The number of ketones is 1. The highest BCUT2D eigenvalue weighted by molar-refractivity contribution is 6.46. The highest BCUT2D eigenvalue weighted by atomic mass is 16.5. The third-order valence-electron chi connectivity index (χ3n) is 6.19. The van der Waals surface area contributed by atoms with Gasteiger partial charge in [-0.2, -0.15) is 0 Å². The predicted octanol–water partition coefficient (Wildman–Crippen LogP) is 3.54. The van der Waals surface area contributed by atoms with Crippen molar-refractivity contribution < 1.29 is 24.2 Å². The van der Waals surface area contributed by atoms with Crippen LogP contribution in [0.15, 0.2) is 54.1 Å². The number of likely N-dealkylation sites (tertiary alicyclic amines) is 1. The first-order valence-corrected chi connectivity index (χ1v) is 11.8. The zero-order chi connectivity index (χ0) is 24.2. The van der Waals surface area contributed by atoms with Gasteiger partial charge < -0.3 is 19.5 Å². The molecule has 0 unspecified atom stereocenters. The number of aliphatic hydroxyl groups excluding tert-OH is 1. The standard InChI is InChI=1S/C27H32N2O5/c1-18(2)34-22-10-8-21(9-11-22)25(30)23-24(20-6-4-19(3)5-7-20)29(27(32)26(23)31)13-12-28-14-16-33-17-15-28/h4-11,18,24,30H,12-17H2,1-3H3/t24-/m0/s1. The summed E-state index contributed by atoms with van der Waals surface area (Å²) in [5, 5.41) is 11.2. The van der Waals surface area contributed by atoms with Gasteiger partial charge >= 0.3 is 0 Å². The quantitative estimate of drug-likeness (QED) is 0.384. The van der Waals surface area contributed by atoms with Crippen LogP contribution in [0.3, 0.4) is 0 Å². The van der Waals surface area contributed by atoms with E-state index in [1.54, 1.807) is 29.2 Å². The molecule has 7 nitrogen and oxygen atoms in total. The van der Waals surface area contributed by atoms with Crippen LogP contribution in [0, 0.1) is 6.92 Å². The molecule has 34 heavy (non-hydrogen) atoms. The van der Waals surface area contributed by atoms with Gasteiger partial charge in [0.1, 0.15) is 11.5 Å². The fraction of sp³-hybridized carbons (Fsp3) is 0.407. The Hall–Kier alpha value is -3.16. The molecule has 0 aliphatic carbocycles. The first-order valence-electron chi connectivity index (χ1n) is 11.8. The number of benzene rings is 2. The first kappa shape index (κ1) is 24.0. The molecule has 2 aromatic carbocycles. The minimum absolute atomic E-state index is 0.0257. The van der Waals surface area contributed by atoms with Gasteiger partial charge in [0, 0.05) is 31.7 Å². The number of aryl methyl sites for hydroxylation is 1. The van der Waals surface area contributed by atoms with E-state index in [0.29, 0.717) is 37.6 Å². The molecule has 0 bridgehead atoms. The number of Topliss-reactive ketones (excluding diaryl/α,β-unsaturated/α-hetero) is 1. The molecule has 2 aromatic rings. The van der Waals surface area contributed by atoms with Gasteiger partial charge in [-0.25, -0.2) is 0 Å². The maximum atomic E-state index is 13.2. The molecule has 0 aromatic heterocycles. The smallest absolute Gasteiger partial charge is 0.295 e. The van der Waals surface area contributed by atoms with Crippen molar-refractivity contribution in [3.05, 3.63) is 70.8 Å². The fourth-order valence-corrected chi connectivity index (χ4v) is 4.40. The second-order valence-corrected chi connectivity index (χ2v) is 9.05. The topological polar surface area (TPSA) is 79.3 Å². The van der Waals surface area contributed by atoms with Crippen molar-refractivity contribution in [2.75, 3.05) is 39.4 Å². The number of nitrogens with zero attached hydrogens (tertiary/aromatic N) is 2. The maximum Gasteiger partial charge on any atom is 0.295 e. The van der Waals surface area contributed by atoms with Gasteiger partial charge in [0.25, 0.3) is 11.7 Å². The van der Waals surface area contributed by atoms with Gasteiger partial charge in [-0.1, -0.05) is 29.8 Å². The molecule has 180 valence electrons. The molecule has 1 atom stereocenters. The molecule has 2 saturated heterocycles. The van der Waals surface area contributed by atoms with Crippen LogP contribution in [0.25, 0.3) is 5.76 Å². The molecule has 0 radical (unpaired) electrons. The molecule has 2 aliphatic rings. The Balaban J connectivity index is 1.69. The number of hydrogen-bond donors (Lipinski definition) is 1. The van der Waals surface area contributed by atoms with Crippen molar-refractivity contribution in [1.29, 1.82) is 0 Å². The first-order chi connectivity index (χ1) is 16.3. The average Bonchev–Trinajstić information content (AvgIpc) is 3.08. The van der Waals surface area contributed by atoms with Crippen molar-refractivity contribution in [2.45, 2.75) is 32.9 Å². The molecule has 2 heterocycles. The zero-order valence-electron chi connectivity index (χ0n) is 20.0. The number of rotatable bonds is 7. The van der Waals surface area contributed by atoms with Gasteiger partial charge in [0.2, 0.25) is 0 Å². The molecule has 0 saturated carbocycles. The Bertz CT molecular complexity index is 1050. The highest BCUT2D eigenvalue weighted by Gasteiger charge is 2.46. The van der Waals surface area contributed by atoms with E-state index < -0.39 is 17.7 Å². The van der Waals surface area contributed by atoms with Crippen molar-refractivity contribution >= 4 is 17.4 Å². The normalized spacial score (nSPS) is 20.8. The number of morpholine rings is 1. The summed E-state index contributed by atoms with van der Waals surface area (Å²) in [5.74, 6) is -0.741. The average molecular weight is 465 g/mol. The van der Waals surface area contributed by atoms with Crippen LogP contribution in [-0.4, -0.2) is 72.1 Å². The summed E-state index contributed by atoms with van der Waals surface area (Å²) in [6.45, 7) is 9.81. The van der Waals surface area contributed by atoms with Gasteiger partial charge in [-0.15, -0.1) is 0 Å². The Labute approximate surface area is 200 Å².